The normalized spacial score (nSPS) is 13.2. The molecule has 0 saturated heterocycles. The number of hydrogen-bond acceptors (Lipinski definition) is 5. The van der Waals surface area contributed by atoms with Crippen LogP contribution >= 0.6 is 0 Å². The summed E-state index contributed by atoms with van der Waals surface area (Å²) >= 11 is 0. The van der Waals surface area contributed by atoms with Crippen LogP contribution in [-0.4, -0.2) is 39.8 Å². The number of nitrogens with one attached hydrogen (secondary N) is 1. The van der Waals surface area contributed by atoms with Crippen LogP contribution in [0.3, 0.4) is 0 Å². The third-order valence-electron chi connectivity index (χ3n) is 4.67. The van der Waals surface area contributed by atoms with Gasteiger partial charge in [0.2, 0.25) is 15.9 Å². The molecule has 0 fully saturated rings. The Kier molecular flexibility index (Phi) is 8.43. The van der Waals surface area contributed by atoms with E-state index in [9.17, 15) is 22.0 Å². The standard InChI is InChI=1S/C22H28F2N2O5S/c1-6-30-20-11-8-16(12-21(20)31-7-2)14(3)25-22(27)15(4)26(32(5,28)29)17-9-10-18(23)19(24)13-17/h8-15H,6-7H2,1-5H3,(H,25,27)/t14-,15+/m1/s1. The molecule has 0 aliphatic heterocycles. The molecular formula is C22H28F2N2O5S. The van der Waals surface area contributed by atoms with Gasteiger partial charge in [0.15, 0.2) is 23.1 Å². The zero-order chi connectivity index (χ0) is 24.1. The Morgan fingerprint density at radius 2 is 1.62 bits per heavy atom. The van der Waals surface area contributed by atoms with Crippen LogP contribution in [0.4, 0.5) is 14.5 Å². The maximum Gasteiger partial charge on any atom is 0.244 e. The number of halogens is 2. The number of hydrogen-bond donors (Lipinski definition) is 1. The van der Waals surface area contributed by atoms with Gasteiger partial charge in [-0.15, -0.1) is 0 Å². The van der Waals surface area contributed by atoms with Gasteiger partial charge in [0.25, 0.3) is 0 Å². The summed E-state index contributed by atoms with van der Waals surface area (Å²) in [4.78, 5) is 12.9. The van der Waals surface area contributed by atoms with Gasteiger partial charge in [-0.1, -0.05) is 6.07 Å². The fourth-order valence-corrected chi connectivity index (χ4v) is 4.35. The van der Waals surface area contributed by atoms with Crippen molar-refractivity contribution in [2.75, 3.05) is 23.8 Å². The molecule has 2 aromatic rings. The van der Waals surface area contributed by atoms with Crippen LogP contribution in [0.15, 0.2) is 36.4 Å². The molecule has 0 aliphatic rings. The molecule has 1 amide bonds. The summed E-state index contributed by atoms with van der Waals surface area (Å²) in [5, 5.41) is 2.76. The summed E-state index contributed by atoms with van der Waals surface area (Å²) in [7, 11) is -3.97. The van der Waals surface area contributed by atoms with E-state index in [1.165, 1.54) is 6.92 Å². The lowest BCUT2D eigenvalue weighted by atomic mass is 10.1. The van der Waals surface area contributed by atoms with E-state index in [2.05, 4.69) is 5.32 Å². The molecule has 0 aliphatic carbocycles. The Bertz CT molecular complexity index is 1060. The van der Waals surface area contributed by atoms with Crippen LogP contribution in [0.2, 0.25) is 0 Å². The van der Waals surface area contributed by atoms with Gasteiger partial charge in [-0.2, -0.15) is 0 Å². The van der Waals surface area contributed by atoms with Gasteiger partial charge in [0, 0.05) is 6.07 Å². The van der Waals surface area contributed by atoms with Crippen LogP contribution in [0.5, 0.6) is 11.5 Å². The SMILES string of the molecule is CCOc1ccc([C@@H](C)NC(=O)[C@H](C)N(c2ccc(F)c(F)c2)S(C)(=O)=O)cc1OCC. The Hall–Kier alpha value is -2.88. The summed E-state index contributed by atoms with van der Waals surface area (Å²) in [6.45, 7) is 7.70. The van der Waals surface area contributed by atoms with E-state index in [0.717, 1.165) is 34.3 Å². The van der Waals surface area contributed by atoms with Crippen LogP contribution < -0.4 is 19.1 Å². The number of sulfonamides is 1. The highest BCUT2D eigenvalue weighted by atomic mass is 32.2. The van der Waals surface area contributed by atoms with Crippen LogP contribution in [-0.2, 0) is 14.8 Å². The van der Waals surface area contributed by atoms with Gasteiger partial charge in [-0.05, 0) is 57.5 Å². The predicted molar refractivity (Wildman–Crippen MR) is 118 cm³/mol. The molecule has 0 aromatic heterocycles. The van der Waals surface area contributed by atoms with Crippen molar-refractivity contribution in [3.05, 3.63) is 53.6 Å². The third-order valence-corrected chi connectivity index (χ3v) is 5.91. The first-order valence-corrected chi connectivity index (χ1v) is 12.0. The molecular weight excluding hydrogens is 442 g/mol. The molecule has 0 radical (unpaired) electrons. The molecule has 0 unspecified atom stereocenters. The fourth-order valence-electron chi connectivity index (χ4n) is 3.19. The maximum atomic E-state index is 13.7. The van der Waals surface area contributed by atoms with Crippen LogP contribution in [0.25, 0.3) is 0 Å². The van der Waals surface area contributed by atoms with E-state index in [1.807, 2.05) is 13.8 Å². The van der Waals surface area contributed by atoms with E-state index in [0.29, 0.717) is 24.7 Å². The van der Waals surface area contributed by atoms with E-state index < -0.39 is 39.6 Å². The zero-order valence-electron chi connectivity index (χ0n) is 18.7. The van der Waals surface area contributed by atoms with E-state index in [1.54, 1.807) is 25.1 Å². The smallest absolute Gasteiger partial charge is 0.244 e. The van der Waals surface area contributed by atoms with Crippen molar-refractivity contribution in [1.29, 1.82) is 0 Å². The van der Waals surface area contributed by atoms with Crippen molar-refractivity contribution >= 4 is 21.6 Å². The number of benzene rings is 2. The van der Waals surface area contributed by atoms with E-state index in [4.69, 9.17) is 9.47 Å². The van der Waals surface area contributed by atoms with Crippen molar-refractivity contribution in [2.24, 2.45) is 0 Å². The largest absolute Gasteiger partial charge is 0.490 e. The summed E-state index contributed by atoms with van der Waals surface area (Å²) in [5.74, 6) is -1.84. The number of rotatable bonds is 10. The Labute approximate surface area is 187 Å². The molecule has 32 heavy (non-hydrogen) atoms. The van der Waals surface area contributed by atoms with Crippen molar-refractivity contribution < 1.29 is 31.5 Å². The first kappa shape index (κ1) is 25.4. The van der Waals surface area contributed by atoms with Crippen molar-refractivity contribution in [1.82, 2.24) is 5.32 Å². The number of nitrogens with zero attached hydrogens (tertiary/aromatic N) is 1. The predicted octanol–water partition coefficient (Wildman–Crippen LogP) is 3.79. The maximum absolute atomic E-state index is 13.7. The molecule has 0 spiro atoms. The minimum Gasteiger partial charge on any atom is -0.490 e. The molecule has 2 atom stereocenters. The molecule has 7 nitrogen and oxygen atoms in total. The number of carbonyl (C=O) groups excluding carboxylic acids is 1. The lowest BCUT2D eigenvalue weighted by molar-refractivity contribution is -0.122. The molecule has 10 heteroatoms. The molecule has 2 rings (SSSR count). The second-order valence-corrected chi connectivity index (χ2v) is 9.00. The van der Waals surface area contributed by atoms with Gasteiger partial charge in [0.1, 0.15) is 6.04 Å². The molecule has 2 aromatic carbocycles. The first-order valence-electron chi connectivity index (χ1n) is 10.1. The monoisotopic (exact) mass is 470 g/mol. The van der Waals surface area contributed by atoms with Crippen molar-refractivity contribution in [3.63, 3.8) is 0 Å². The average molecular weight is 471 g/mol. The highest BCUT2D eigenvalue weighted by Crippen LogP contribution is 2.31. The number of amides is 1. The number of carbonyl (C=O) groups is 1. The molecule has 1 N–H and O–H groups in total. The van der Waals surface area contributed by atoms with Gasteiger partial charge < -0.3 is 14.8 Å². The lowest BCUT2D eigenvalue weighted by Gasteiger charge is -2.29. The van der Waals surface area contributed by atoms with Crippen LogP contribution in [0.1, 0.15) is 39.3 Å². The number of ether oxygens (including phenoxy) is 2. The van der Waals surface area contributed by atoms with Crippen molar-refractivity contribution in [3.8, 4) is 11.5 Å². The minimum atomic E-state index is -3.97. The van der Waals surface area contributed by atoms with E-state index >= 15 is 0 Å². The third kappa shape index (κ3) is 6.09. The topological polar surface area (TPSA) is 84.9 Å². The second kappa shape index (κ2) is 10.6. The lowest BCUT2D eigenvalue weighted by Crippen LogP contribution is -2.48. The van der Waals surface area contributed by atoms with Gasteiger partial charge >= 0.3 is 0 Å². The van der Waals surface area contributed by atoms with Gasteiger partial charge in [-0.3, -0.25) is 9.10 Å². The van der Waals surface area contributed by atoms with Crippen molar-refractivity contribution in [2.45, 2.75) is 39.8 Å². The molecule has 0 saturated carbocycles. The summed E-state index contributed by atoms with van der Waals surface area (Å²) < 4.78 is 63.6. The minimum absolute atomic E-state index is 0.151. The van der Waals surface area contributed by atoms with Gasteiger partial charge in [0.05, 0.1) is 31.2 Å². The summed E-state index contributed by atoms with van der Waals surface area (Å²) in [6.07, 6.45) is 0.891. The average Bonchev–Trinajstić information content (AvgIpc) is 2.71. The van der Waals surface area contributed by atoms with Gasteiger partial charge in [-0.25, -0.2) is 17.2 Å². The fraction of sp³-hybridized carbons (Fsp3) is 0.409. The Morgan fingerprint density at radius 3 is 2.19 bits per heavy atom. The second-order valence-electron chi connectivity index (χ2n) is 7.14. The number of anilines is 1. The Balaban J connectivity index is 2.27. The van der Waals surface area contributed by atoms with E-state index in [-0.39, 0.29) is 5.69 Å². The molecule has 0 bridgehead atoms. The zero-order valence-corrected chi connectivity index (χ0v) is 19.5. The first-order chi connectivity index (χ1) is 15.0. The summed E-state index contributed by atoms with van der Waals surface area (Å²) in [6, 6.07) is 6.20. The Morgan fingerprint density at radius 1 is 1.00 bits per heavy atom. The highest BCUT2D eigenvalue weighted by molar-refractivity contribution is 7.92. The summed E-state index contributed by atoms with van der Waals surface area (Å²) in [5.41, 5.74) is 0.567. The van der Waals surface area contributed by atoms with Crippen LogP contribution in [0, 0.1) is 11.6 Å². The molecule has 0 heterocycles. The quantitative estimate of drug-likeness (QED) is 0.571. The molecule has 176 valence electrons. The highest BCUT2D eigenvalue weighted by Gasteiger charge is 2.30.